The molecule has 2 saturated carbocycles. The van der Waals surface area contributed by atoms with Gasteiger partial charge >= 0.3 is 0 Å². The summed E-state index contributed by atoms with van der Waals surface area (Å²) in [7, 11) is 0. The molecule has 0 amide bonds. The topological polar surface area (TPSA) is 318 Å². The van der Waals surface area contributed by atoms with Crippen LogP contribution in [-0.2, 0) is 0 Å². The van der Waals surface area contributed by atoms with Crippen molar-refractivity contribution in [2.75, 3.05) is 27.4 Å². The van der Waals surface area contributed by atoms with Crippen molar-refractivity contribution in [3.63, 3.8) is 0 Å². The van der Waals surface area contributed by atoms with E-state index in [-0.39, 0.29) is 58.8 Å². The van der Waals surface area contributed by atoms with Gasteiger partial charge in [-0.3, -0.25) is 19.0 Å². The normalized spacial score (nSPS) is 14.2. The summed E-state index contributed by atoms with van der Waals surface area (Å²) in [5.41, 5.74) is 22.1. The minimum atomic E-state index is -0.265. The number of benzene rings is 4. The van der Waals surface area contributed by atoms with E-state index < -0.39 is 0 Å². The van der Waals surface area contributed by atoms with Gasteiger partial charge in [-0.2, -0.15) is 19.9 Å². The van der Waals surface area contributed by atoms with Crippen molar-refractivity contribution in [1.29, 1.82) is 0 Å². The summed E-state index contributed by atoms with van der Waals surface area (Å²) < 4.78 is 5.67. The molecule has 0 aliphatic heterocycles. The number of rotatable bonds is 12. The number of H-pyrrole nitrogens is 3. The molecule has 13 aromatic rings. The summed E-state index contributed by atoms with van der Waals surface area (Å²) in [6.45, 7) is 13.9. The van der Waals surface area contributed by atoms with Gasteiger partial charge in [-0.25, -0.2) is 24.9 Å². The van der Waals surface area contributed by atoms with Gasteiger partial charge in [0.15, 0.2) is 34.4 Å². The number of pyridine rings is 3. The van der Waals surface area contributed by atoms with Crippen LogP contribution in [0.15, 0.2) is 136 Å². The molecule has 438 valence electrons. The Labute approximate surface area is 496 Å². The van der Waals surface area contributed by atoms with E-state index in [2.05, 4.69) is 94.8 Å². The Morgan fingerprint density at radius 3 is 1.40 bits per heavy atom. The van der Waals surface area contributed by atoms with E-state index in [4.69, 9.17) is 11.5 Å². The Morgan fingerprint density at radius 2 is 0.920 bits per heavy atom. The number of nitrogens with zero attached hydrogens (tertiary/aromatic N) is 12. The van der Waals surface area contributed by atoms with E-state index in [0.717, 1.165) is 103 Å². The summed E-state index contributed by atoms with van der Waals surface area (Å²) >= 11 is 0. The largest absolute Gasteiger partial charge is 0.368 e. The molecule has 2 aliphatic rings. The smallest absolute Gasteiger partial charge is 0.263 e. The van der Waals surface area contributed by atoms with E-state index in [1.807, 2.05) is 142 Å². The zero-order chi connectivity index (χ0) is 60.4. The first kappa shape index (κ1) is 55.4. The summed E-state index contributed by atoms with van der Waals surface area (Å²) in [5.74, 6) is 2.88. The number of nitrogens with one attached hydrogen (secondary N) is 6. The van der Waals surface area contributed by atoms with Gasteiger partial charge in [0.2, 0.25) is 11.9 Å². The number of anilines is 5. The maximum Gasteiger partial charge on any atom is 0.263 e. The third kappa shape index (κ3) is 10.6. The summed E-state index contributed by atoms with van der Waals surface area (Å²) in [4.78, 5) is 87.8. The number of nitrogens with two attached hydrogens (primary N) is 2. The van der Waals surface area contributed by atoms with Crippen molar-refractivity contribution in [3.05, 3.63) is 193 Å². The average Bonchev–Trinajstić information content (AvgIpc) is 2.06. The number of fused-ring (bicyclic) bond motifs is 6. The van der Waals surface area contributed by atoms with Crippen LogP contribution >= 0.6 is 0 Å². The quantitative estimate of drug-likeness (QED) is 0.0564. The molecule has 23 heteroatoms. The molecular formula is C64H64N20O3. The minimum Gasteiger partial charge on any atom is -0.368 e. The lowest BCUT2D eigenvalue weighted by molar-refractivity contribution is 0.636. The number of nitrogen functional groups attached to an aromatic ring is 2. The van der Waals surface area contributed by atoms with E-state index in [1.165, 1.54) is 6.33 Å². The molecule has 0 radical (unpaired) electrons. The number of aromatic amines is 3. The van der Waals surface area contributed by atoms with Crippen molar-refractivity contribution >= 4 is 95.2 Å². The van der Waals surface area contributed by atoms with Gasteiger partial charge in [-0.05, 0) is 137 Å². The minimum absolute atomic E-state index is 0.0562. The molecule has 15 rings (SSSR count). The number of imidazole rings is 3. The second-order valence-electron chi connectivity index (χ2n) is 22.5. The summed E-state index contributed by atoms with van der Waals surface area (Å²) in [5, 5.41) is 15.4. The first-order chi connectivity index (χ1) is 42.1. The Balaban J connectivity index is 0.000000121. The predicted octanol–water partition coefficient (Wildman–Crippen LogP) is 10.6. The van der Waals surface area contributed by atoms with E-state index in [9.17, 15) is 14.4 Å². The summed E-state index contributed by atoms with van der Waals surface area (Å²) in [6.07, 6.45) is 8.78. The van der Waals surface area contributed by atoms with Crippen molar-refractivity contribution in [1.82, 2.24) is 73.5 Å². The molecule has 9 aromatic heterocycles. The van der Waals surface area contributed by atoms with Crippen LogP contribution in [0, 0.1) is 27.7 Å². The van der Waals surface area contributed by atoms with Gasteiger partial charge in [0, 0.05) is 34.9 Å². The maximum absolute atomic E-state index is 13.6. The van der Waals surface area contributed by atoms with Gasteiger partial charge in [-0.1, -0.05) is 72.8 Å². The molecule has 10 N–H and O–H groups in total. The number of hydrogen-bond donors (Lipinski definition) is 8. The Bertz CT molecular complexity index is 5000. The van der Waals surface area contributed by atoms with E-state index in [1.54, 1.807) is 17.2 Å². The van der Waals surface area contributed by atoms with Crippen molar-refractivity contribution in [2.24, 2.45) is 0 Å². The number of hydrogen-bond acceptors (Lipinski definition) is 17. The SMILES string of the molecule is Cc1cccc2cc(C(C)Nc3nc(N)nc4nc[nH]c34)n(C3CC3)c(=O)c12.Cc1cccc2cc([C@H](C)Nc3nc(N)nc4nc[nH]c34)n(-c3ccccc3)c(=O)c12.Cc1nc2ncnc(N[C@@H](C)c3cc4cccc(C)c4c(=O)n3C3CC3)c2[nH]1. The highest BCUT2D eigenvalue weighted by Gasteiger charge is 2.32. The molecule has 23 nitrogen and oxygen atoms in total. The van der Waals surface area contributed by atoms with E-state index >= 15 is 0 Å². The van der Waals surface area contributed by atoms with Crippen LogP contribution < -0.4 is 44.1 Å². The van der Waals surface area contributed by atoms with Crippen molar-refractivity contribution in [3.8, 4) is 5.69 Å². The third-order valence-corrected chi connectivity index (χ3v) is 16.2. The van der Waals surface area contributed by atoms with Gasteiger partial charge in [0.05, 0.1) is 46.9 Å². The van der Waals surface area contributed by atoms with Crippen LogP contribution in [-0.4, -0.2) is 73.5 Å². The fraction of sp³-hybridized carbons (Fsp3) is 0.250. The molecule has 0 bridgehead atoms. The number of para-hydroxylation sites is 1. The standard InChI is InChI=1S/C23H21N7O.C21H22N6O.C20H21N7O/c1-13-7-6-8-15-11-17(30(22(31)18(13)15)16-9-4-3-5-10-16)14(2)27-21-19-20(26-12-25-19)28-23(24)29-21;1-11-5-4-6-14-9-16(27(15-7-8-15)21(28)17(11)14)12(2)24-19-18-20(23-10-22-19)26-13(3)25-18;1-10-4-3-5-12-8-14(27(13-6-7-13)19(28)15(10)12)11(2)24-18-16-17(23-9-22-16)25-20(21)26-18/h3-12,14H,1-2H3,(H4,24,25,26,27,28,29);4-6,9-10,12,15H,7-8H2,1-3H3,(H2,22,23,24,25,26);3-5,8-9,11,13H,6-7H2,1-2H3,(H4,21,22,23,24,25,26)/t14-;12-;/m00./s1. The van der Waals surface area contributed by atoms with Gasteiger partial charge in [0.25, 0.3) is 16.7 Å². The van der Waals surface area contributed by atoms with Crippen LogP contribution in [0.1, 0.15) is 116 Å². The Morgan fingerprint density at radius 1 is 0.483 bits per heavy atom. The van der Waals surface area contributed by atoms with Crippen molar-refractivity contribution in [2.45, 2.75) is 104 Å². The lowest BCUT2D eigenvalue weighted by Crippen LogP contribution is -2.26. The first-order valence-corrected chi connectivity index (χ1v) is 29.0. The fourth-order valence-corrected chi connectivity index (χ4v) is 11.7. The molecule has 0 spiro atoms. The van der Waals surface area contributed by atoms with Crippen LogP contribution in [0.4, 0.5) is 29.4 Å². The zero-order valence-electron chi connectivity index (χ0n) is 49.0. The van der Waals surface area contributed by atoms with Gasteiger partial charge in [0.1, 0.15) is 28.7 Å². The highest BCUT2D eigenvalue weighted by atomic mass is 16.1. The molecular weight excluding hydrogens is 1100 g/mol. The third-order valence-electron chi connectivity index (χ3n) is 16.2. The summed E-state index contributed by atoms with van der Waals surface area (Å²) in [6, 6.07) is 33.8. The number of aryl methyl sites for hydroxylation is 4. The molecule has 87 heavy (non-hydrogen) atoms. The first-order valence-electron chi connectivity index (χ1n) is 29.0. The Hall–Kier alpha value is -10.8. The fourth-order valence-electron chi connectivity index (χ4n) is 11.7. The predicted molar refractivity (Wildman–Crippen MR) is 341 cm³/mol. The molecule has 0 saturated heterocycles. The molecule has 9 heterocycles. The Kier molecular flexibility index (Phi) is 14.2. The van der Waals surface area contributed by atoms with Crippen LogP contribution in [0.2, 0.25) is 0 Å². The molecule has 2 fully saturated rings. The van der Waals surface area contributed by atoms with Gasteiger partial charge < -0.3 is 51.5 Å². The molecule has 4 aromatic carbocycles. The van der Waals surface area contributed by atoms with Gasteiger partial charge in [-0.15, -0.1) is 0 Å². The maximum atomic E-state index is 13.6. The highest BCUT2D eigenvalue weighted by Crippen LogP contribution is 2.39. The second-order valence-corrected chi connectivity index (χ2v) is 22.5. The van der Waals surface area contributed by atoms with Crippen LogP contribution in [0.25, 0.3) is 71.5 Å². The lowest BCUT2D eigenvalue weighted by Gasteiger charge is -2.22. The average molecular weight is 1160 g/mol. The lowest BCUT2D eigenvalue weighted by atomic mass is 10.0. The van der Waals surface area contributed by atoms with Crippen LogP contribution in [0.5, 0.6) is 0 Å². The second kappa shape index (κ2) is 22.3. The zero-order valence-corrected chi connectivity index (χ0v) is 49.0. The monoisotopic (exact) mass is 1160 g/mol. The highest BCUT2D eigenvalue weighted by molar-refractivity contribution is 5.89. The van der Waals surface area contributed by atoms with Crippen molar-refractivity contribution < 1.29 is 0 Å². The molecule has 1 unspecified atom stereocenters. The molecule has 2 aliphatic carbocycles. The van der Waals surface area contributed by atoms with Crippen LogP contribution in [0.3, 0.4) is 0 Å². The van der Waals surface area contributed by atoms with E-state index in [0.29, 0.717) is 50.8 Å². The number of aromatic nitrogens is 15. The molecule has 3 atom stereocenters.